The minimum Gasteiger partial charge on any atom is -0.389 e. The van der Waals surface area contributed by atoms with Crippen molar-refractivity contribution in [3.8, 4) is 0 Å². The van der Waals surface area contributed by atoms with Gasteiger partial charge in [-0.05, 0) is 25.0 Å². The third-order valence-corrected chi connectivity index (χ3v) is 4.94. The van der Waals surface area contributed by atoms with Crippen LogP contribution in [0.25, 0.3) is 0 Å². The maximum absolute atomic E-state index is 11.8. The number of pyridine rings is 1. The van der Waals surface area contributed by atoms with Crippen LogP contribution in [0.4, 0.5) is 17.1 Å². The van der Waals surface area contributed by atoms with Gasteiger partial charge in [-0.15, -0.1) is 0 Å². The molecule has 1 amide bonds. The molecule has 0 spiro atoms. The first-order valence-electron chi connectivity index (χ1n) is 9.76. The highest BCUT2D eigenvalue weighted by Crippen LogP contribution is 2.20. The molecule has 8 heteroatoms. The van der Waals surface area contributed by atoms with Crippen molar-refractivity contribution in [2.24, 2.45) is 0 Å². The Bertz CT molecular complexity index is 855. The second-order valence-electron chi connectivity index (χ2n) is 7.17. The molecular formula is C20H26N4O4. The molecule has 0 bridgehead atoms. The third-order valence-electron chi connectivity index (χ3n) is 4.94. The summed E-state index contributed by atoms with van der Waals surface area (Å²) in [5, 5.41) is 15.2. The van der Waals surface area contributed by atoms with Gasteiger partial charge >= 0.3 is 0 Å². The number of aromatic nitrogens is 1. The van der Waals surface area contributed by atoms with Crippen LogP contribution in [0.3, 0.4) is 0 Å². The molecule has 1 aromatic heterocycles. The van der Waals surface area contributed by atoms with Gasteiger partial charge < -0.3 is 20.6 Å². The maximum atomic E-state index is 11.8. The average molecular weight is 386 g/mol. The smallest absolute Gasteiger partial charge is 0.253 e. The van der Waals surface area contributed by atoms with Crippen LogP contribution in [0.2, 0.25) is 0 Å². The fourth-order valence-corrected chi connectivity index (χ4v) is 3.22. The van der Waals surface area contributed by atoms with Gasteiger partial charge in [0.2, 0.25) is 5.91 Å². The molecule has 1 aliphatic heterocycles. The summed E-state index contributed by atoms with van der Waals surface area (Å²) in [6, 6.07) is 3.46. The van der Waals surface area contributed by atoms with Crippen molar-refractivity contribution in [2.45, 2.75) is 44.6 Å². The van der Waals surface area contributed by atoms with Gasteiger partial charge in [-0.25, -0.2) is 0 Å². The molecule has 2 aromatic rings. The fraction of sp³-hybridized carbons (Fsp3) is 0.500. The summed E-state index contributed by atoms with van der Waals surface area (Å²) in [6.07, 6.45) is 8.16. The van der Waals surface area contributed by atoms with Crippen molar-refractivity contribution in [3.05, 3.63) is 45.0 Å². The molecule has 3 rings (SSSR count). The summed E-state index contributed by atoms with van der Waals surface area (Å²) >= 11 is 0. The monoisotopic (exact) mass is 386 g/mol. The van der Waals surface area contributed by atoms with Crippen LogP contribution in [0, 0.1) is 0 Å². The van der Waals surface area contributed by atoms with E-state index in [1.54, 1.807) is 29.4 Å². The van der Waals surface area contributed by atoms with E-state index in [4.69, 9.17) is 0 Å². The number of unbranched alkanes of at least 4 members (excludes halogenated alkanes) is 4. The topological polar surface area (TPSA) is 112 Å². The molecule has 3 N–H and O–H groups in total. The lowest BCUT2D eigenvalue weighted by Crippen LogP contribution is -2.53. The van der Waals surface area contributed by atoms with Crippen molar-refractivity contribution in [1.29, 1.82) is 0 Å². The second-order valence-corrected chi connectivity index (χ2v) is 7.17. The minimum absolute atomic E-state index is 0.126. The largest absolute Gasteiger partial charge is 0.389 e. The Hall–Kier alpha value is -2.74. The predicted molar refractivity (Wildman–Crippen MR) is 108 cm³/mol. The average Bonchev–Trinajstić information content (AvgIpc) is 2.69. The van der Waals surface area contributed by atoms with Crippen LogP contribution in [-0.4, -0.2) is 46.6 Å². The molecule has 1 fully saturated rings. The number of likely N-dealkylation sites (tertiary alicyclic amines) is 1. The molecule has 1 aromatic carbocycles. The van der Waals surface area contributed by atoms with Gasteiger partial charge in [0.25, 0.3) is 10.9 Å². The van der Waals surface area contributed by atoms with E-state index in [0.29, 0.717) is 43.1 Å². The molecule has 28 heavy (non-hydrogen) atoms. The predicted octanol–water partition coefficient (Wildman–Crippen LogP) is 1.38. The number of carbonyl (C=O) groups is 1. The zero-order valence-corrected chi connectivity index (χ0v) is 15.8. The fourth-order valence-electron chi connectivity index (χ4n) is 3.22. The van der Waals surface area contributed by atoms with Crippen molar-refractivity contribution < 1.29 is 9.90 Å². The SMILES string of the molecule is O=C(CCCCCCCNc1c(Nc2ccncc2)c(=O)c1=O)N1CC(O)C1. The summed E-state index contributed by atoms with van der Waals surface area (Å²) in [4.78, 5) is 40.9. The zero-order valence-electron chi connectivity index (χ0n) is 15.8. The maximum Gasteiger partial charge on any atom is 0.253 e. The number of carbonyl (C=O) groups excluding carboxylic acids is 1. The first-order valence-corrected chi connectivity index (χ1v) is 9.76. The lowest BCUT2D eigenvalue weighted by molar-refractivity contribution is -0.141. The van der Waals surface area contributed by atoms with E-state index in [1.807, 2.05) is 0 Å². The summed E-state index contributed by atoms with van der Waals surface area (Å²) in [5.41, 5.74) is 0.396. The van der Waals surface area contributed by atoms with E-state index in [-0.39, 0.29) is 12.0 Å². The molecule has 8 nitrogen and oxygen atoms in total. The summed E-state index contributed by atoms with van der Waals surface area (Å²) < 4.78 is 0. The van der Waals surface area contributed by atoms with Crippen molar-refractivity contribution in [3.63, 3.8) is 0 Å². The highest BCUT2D eigenvalue weighted by Gasteiger charge is 2.27. The van der Waals surface area contributed by atoms with Crippen molar-refractivity contribution in [1.82, 2.24) is 9.88 Å². The zero-order chi connectivity index (χ0) is 19.9. The lowest BCUT2D eigenvalue weighted by atomic mass is 10.1. The molecule has 2 heterocycles. The van der Waals surface area contributed by atoms with Crippen LogP contribution in [0.5, 0.6) is 0 Å². The molecule has 0 atom stereocenters. The van der Waals surface area contributed by atoms with Gasteiger partial charge in [0.05, 0.1) is 6.10 Å². The van der Waals surface area contributed by atoms with Crippen LogP contribution in [0.1, 0.15) is 38.5 Å². The van der Waals surface area contributed by atoms with Crippen LogP contribution < -0.4 is 21.5 Å². The van der Waals surface area contributed by atoms with E-state index in [1.165, 1.54) is 0 Å². The van der Waals surface area contributed by atoms with Gasteiger partial charge in [-0.1, -0.05) is 19.3 Å². The highest BCUT2D eigenvalue weighted by molar-refractivity contribution is 5.78. The lowest BCUT2D eigenvalue weighted by Gasteiger charge is -2.35. The number of aliphatic hydroxyl groups is 1. The first-order chi connectivity index (χ1) is 13.6. The molecule has 150 valence electrons. The quantitative estimate of drug-likeness (QED) is 0.395. The first kappa shape index (κ1) is 20.0. The number of anilines is 3. The molecule has 0 radical (unpaired) electrons. The molecular weight excluding hydrogens is 360 g/mol. The van der Waals surface area contributed by atoms with Crippen LogP contribution in [-0.2, 0) is 4.79 Å². The number of nitrogens with zero attached hydrogens (tertiary/aromatic N) is 2. The van der Waals surface area contributed by atoms with Crippen molar-refractivity contribution >= 4 is 23.0 Å². The number of aliphatic hydroxyl groups excluding tert-OH is 1. The number of β-amino-alcohol motifs (C(OH)–C–C–N with tert-alkyl or cyclic N) is 1. The number of rotatable bonds is 11. The standard InChI is InChI=1S/C20H26N4O4/c25-15-12-24(13-15)16(26)6-4-2-1-3-5-9-22-17-18(20(28)19(17)27)23-14-7-10-21-11-8-14/h7-8,10-11,15,22,25H,1-6,9,12-13H2,(H,21,23). The van der Waals surface area contributed by atoms with Gasteiger partial charge in [0.15, 0.2) is 0 Å². The summed E-state index contributed by atoms with van der Waals surface area (Å²) in [7, 11) is 0. The molecule has 0 aliphatic carbocycles. The third kappa shape index (κ3) is 4.95. The molecule has 0 unspecified atom stereocenters. The molecule has 1 saturated heterocycles. The minimum atomic E-state index is -0.501. The van der Waals surface area contributed by atoms with E-state index in [9.17, 15) is 19.5 Å². The Kier molecular flexibility index (Phi) is 6.76. The van der Waals surface area contributed by atoms with E-state index >= 15 is 0 Å². The summed E-state index contributed by atoms with van der Waals surface area (Å²) in [5.74, 6) is 0.126. The highest BCUT2D eigenvalue weighted by atomic mass is 16.3. The number of nitrogens with one attached hydrogen (secondary N) is 2. The van der Waals surface area contributed by atoms with E-state index in [2.05, 4.69) is 15.6 Å². The van der Waals surface area contributed by atoms with E-state index < -0.39 is 10.9 Å². The Morgan fingerprint density at radius 2 is 1.68 bits per heavy atom. The van der Waals surface area contributed by atoms with Crippen LogP contribution in [0.15, 0.2) is 34.1 Å². The van der Waals surface area contributed by atoms with Gasteiger partial charge in [-0.2, -0.15) is 0 Å². The number of hydrogen-bond donors (Lipinski definition) is 3. The van der Waals surface area contributed by atoms with Crippen LogP contribution >= 0.6 is 0 Å². The van der Waals surface area contributed by atoms with Gasteiger partial charge in [0, 0.05) is 44.1 Å². The normalized spacial score (nSPS) is 14.1. The Labute approximate surface area is 163 Å². The van der Waals surface area contributed by atoms with E-state index in [0.717, 1.165) is 32.1 Å². The number of hydrogen-bond acceptors (Lipinski definition) is 7. The Morgan fingerprint density at radius 3 is 2.39 bits per heavy atom. The molecule has 0 saturated carbocycles. The summed E-state index contributed by atoms with van der Waals surface area (Å²) in [6.45, 7) is 1.57. The van der Waals surface area contributed by atoms with Gasteiger partial charge in [-0.3, -0.25) is 19.4 Å². The number of amides is 1. The van der Waals surface area contributed by atoms with Gasteiger partial charge in [0.1, 0.15) is 11.4 Å². The molecule has 1 aliphatic rings. The van der Waals surface area contributed by atoms with Crippen molar-refractivity contribution in [2.75, 3.05) is 30.3 Å². The Morgan fingerprint density at radius 1 is 1.04 bits per heavy atom. The Balaban J connectivity index is 1.29. The second kappa shape index (κ2) is 9.45.